The fourth-order valence-corrected chi connectivity index (χ4v) is 4.10. The van der Waals surface area contributed by atoms with E-state index >= 15 is 0 Å². The summed E-state index contributed by atoms with van der Waals surface area (Å²) in [6.45, 7) is 3.79. The first-order valence-electron chi connectivity index (χ1n) is 8.49. The maximum atomic E-state index is 13.8. The van der Waals surface area contributed by atoms with Crippen LogP contribution in [0.5, 0.6) is 0 Å². The predicted octanol–water partition coefficient (Wildman–Crippen LogP) is 6.50. The van der Waals surface area contributed by atoms with Crippen molar-refractivity contribution in [2.75, 3.05) is 0 Å². The van der Waals surface area contributed by atoms with Crippen LogP contribution in [0, 0.1) is 13.8 Å². The molecule has 0 amide bonds. The molecule has 0 saturated heterocycles. The zero-order valence-electron chi connectivity index (χ0n) is 15.0. The minimum absolute atomic E-state index is 0.0403. The Bertz CT molecular complexity index is 1160. The van der Waals surface area contributed by atoms with Gasteiger partial charge in [0.2, 0.25) is 0 Å². The highest BCUT2D eigenvalue weighted by Crippen LogP contribution is 2.39. The highest BCUT2D eigenvalue weighted by atomic mass is 35.5. The van der Waals surface area contributed by atoms with Crippen molar-refractivity contribution in [2.24, 2.45) is 0 Å². The van der Waals surface area contributed by atoms with E-state index < -0.39 is 11.7 Å². The Balaban J connectivity index is 1.93. The lowest BCUT2D eigenvalue weighted by atomic mass is 10.1. The highest BCUT2D eigenvalue weighted by Gasteiger charge is 2.35. The summed E-state index contributed by atoms with van der Waals surface area (Å²) in [4.78, 5) is 6.26. The third-order valence-electron chi connectivity index (χ3n) is 4.42. The van der Waals surface area contributed by atoms with E-state index in [4.69, 9.17) is 11.6 Å². The maximum absolute atomic E-state index is 13.8. The predicted molar refractivity (Wildman–Crippen MR) is 106 cm³/mol. The first-order chi connectivity index (χ1) is 13.2. The van der Waals surface area contributed by atoms with Crippen molar-refractivity contribution in [1.82, 2.24) is 14.8 Å². The van der Waals surface area contributed by atoms with Crippen LogP contribution in [0.1, 0.15) is 21.7 Å². The third kappa shape index (κ3) is 3.52. The standard InChI is InChI=1S/C20H15ClF3N3S/c1-11-3-8-17(28-11)16-9-15(20(22,23)24)18-12(2)26-27(19(18)25-16)10-13-4-6-14(21)7-5-13/h3-9H,10H2,1-2H3. The van der Waals surface area contributed by atoms with Gasteiger partial charge in [0.05, 0.1) is 33.8 Å². The number of aromatic nitrogens is 3. The molecule has 4 aromatic rings. The summed E-state index contributed by atoms with van der Waals surface area (Å²) in [5.74, 6) is 0. The number of benzene rings is 1. The van der Waals surface area contributed by atoms with Crippen LogP contribution in [0.4, 0.5) is 13.2 Å². The number of pyridine rings is 1. The molecule has 0 saturated carbocycles. The molecular weight excluding hydrogens is 407 g/mol. The van der Waals surface area contributed by atoms with Gasteiger partial charge in [-0.1, -0.05) is 23.7 Å². The first-order valence-corrected chi connectivity index (χ1v) is 9.68. The molecule has 1 aromatic carbocycles. The van der Waals surface area contributed by atoms with Gasteiger partial charge < -0.3 is 0 Å². The van der Waals surface area contributed by atoms with E-state index in [1.807, 2.05) is 25.1 Å². The number of aryl methyl sites for hydroxylation is 2. The van der Waals surface area contributed by atoms with Crippen molar-refractivity contribution >= 4 is 34.0 Å². The molecule has 144 valence electrons. The largest absolute Gasteiger partial charge is 0.417 e. The number of halogens is 4. The van der Waals surface area contributed by atoms with Crippen molar-refractivity contribution in [1.29, 1.82) is 0 Å². The lowest BCUT2D eigenvalue weighted by Gasteiger charge is -2.11. The molecule has 28 heavy (non-hydrogen) atoms. The van der Waals surface area contributed by atoms with Gasteiger partial charge in [-0.25, -0.2) is 9.67 Å². The highest BCUT2D eigenvalue weighted by molar-refractivity contribution is 7.15. The minimum Gasteiger partial charge on any atom is -0.243 e. The molecule has 4 rings (SSSR count). The maximum Gasteiger partial charge on any atom is 0.417 e. The molecule has 0 N–H and O–H groups in total. The van der Waals surface area contributed by atoms with Crippen molar-refractivity contribution in [2.45, 2.75) is 26.6 Å². The molecule has 0 radical (unpaired) electrons. The number of alkyl halides is 3. The van der Waals surface area contributed by atoms with E-state index in [-0.39, 0.29) is 11.0 Å². The van der Waals surface area contributed by atoms with Crippen LogP contribution in [0.2, 0.25) is 5.02 Å². The molecule has 0 aliphatic rings. The van der Waals surface area contributed by atoms with Crippen LogP contribution in [-0.2, 0) is 12.7 Å². The molecule has 0 unspecified atom stereocenters. The summed E-state index contributed by atoms with van der Waals surface area (Å²) in [5.41, 5.74) is 0.996. The molecule has 0 fully saturated rings. The molecule has 0 atom stereocenters. The number of thiophene rings is 1. The molecule has 8 heteroatoms. The van der Waals surface area contributed by atoms with Gasteiger partial charge in [-0.2, -0.15) is 18.3 Å². The zero-order chi connectivity index (χ0) is 20.1. The van der Waals surface area contributed by atoms with Gasteiger partial charge in [0.15, 0.2) is 5.65 Å². The van der Waals surface area contributed by atoms with Gasteiger partial charge in [-0.3, -0.25) is 0 Å². The Morgan fingerprint density at radius 3 is 2.39 bits per heavy atom. The van der Waals surface area contributed by atoms with Crippen LogP contribution in [0.25, 0.3) is 21.6 Å². The zero-order valence-corrected chi connectivity index (χ0v) is 16.6. The van der Waals surface area contributed by atoms with E-state index in [0.29, 0.717) is 27.8 Å². The van der Waals surface area contributed by atoms with Crippen LogP contribution in [0.15, 0.2) is 42.5 Å². The van der Waals surface area contributed by atoms with Gasteiger partial charge in [0, 0.05) is 9.90 Å². The van der Waals surface area contributed by atoms with Crippen molar-refractivity contribution in [3.05, 3.63) is 69.2 Å². The Labute approximate surface area is 168 Å². The van der Waals surface area contributed by atoms with Crippen molar-refractivity contribution in [3.63, 3.8) is 0 Å². The number of hydrogen-bond donors (Lipinski definition) is 0. The topological polar surface area (TPSA) is 30.7 Å². The lowest BCUT2D eigenvalue weighted by molar-refractivity contribution is -0.136. The van der Waals surface area contributed by atoms with Crippen LogP contribution in [0.3, 0.4) is 0 Å². The van der Waals surface area contributed by atoms with E-state index in [0.717, 1.165) is 16.5 Å². The number of rotatable bonds is 3. The molecular formula is C20H15ClF3N3S. The van der Waals surface area contributed by atoms with E-state index in [2.05, 4.69) is 10.1 Å². The summed E-state index contributed by atoms with van der Waals surface area (Å²) in [5, 5.41) is 4.98. The molecule has 0 spiro atoms. The lowest BCUT2D eigenvalue weighted by Crippen LogP contribution is -2.08. The smallest absolute Gasteiger partial charge is 0.243 e. The monoisotopic (exact) mass is 421 g/mol. The first kappa shape index (κ1) is 19.0. The third-order valence-corrected chi connectivity index (χ3v) is 5.70. The number of hydrogen-bond acceptors (Lipinski definition) is 3. The normalized spacial score (nSPS) is 12.1. The van der Waals surface area contributed by atoms with Gasteiger partial charge in [-0.05, 0) is 49.7 Å². The summed E-state index contributed by atoms with van der Waals surface area (Å²) in [6, 6.07) is 11.9. The average Bonchev–Trinajstić information content (AvgIpc) is 3.19. The van der Waals surface area contributed by atoms with Gasteiger partial charge >= 0.3 is 6.18 Å². The summed E-state index contributed by atoms with van der Waals surface area (Å²) in [6.07, 6.45) is -4.50. The SMILES string of the molecule is Cc1ccc(-c2cc(C(F)(F)F)c3c(C)nn(Cc4ccc(Cl)cc4)c3n2)s1. The number of nitrogens with zero attached hydrogens (tertiary/aromatic N) is 3. The van der Waals surface area contributed by atoms with E-state index in [1.54, 1.807) is 25.1 Å². The Morgan fingerprint density at radius 2 is 1.79 bits per heavy atom. The molecule has 3 heterocycles. The van der Waals surface area contributed by atoms with Gasteiger partial charge in [-0.15, -0.1) is 11.3 Å². The van der Waals surface area contributed by atoms with E-state index in [9.17, 15) is 13.2 Å². The Morgan fingerprint density at radius 1 is 1.07 bits per heavy atom. The van der Waals surface area contributed by atoms with E-state index in [1.165, 1.54) is 16.0 Å². The number of fused-ring (bicyclic) bond motifs is 1. The average molecular weight is 422 g/mol. The Hall–Kier alpha value is -2.38. The van der Waals surface area contributed by atoms with Crippen LogP contribution in [-0.4, -0.2) is 14.8 Å². The van der Waals surface area contributed by atoms with Crippen molar-refractivity contribution in [3.8, 4) is 10.6 Å². The van der Waals surface area contributed by atoms with Crippen LogP contribution >= 0.6 is 22.9 Å². The fourth-order valence-electron chi connectivity index (χ4n) is 3.15. The molecule has 0 bridgehead atoms. The van der Waals surface area contributed by atoms with Gasteiger partial charge in [0.1, 0.15) is 0 Å². The molecule has 0 aliphatic carbocycles. The summed E-state index contributed by atoms with van der Waals surface area (Å²) < 4.78 is 42.9. The van der Waals surface area contributed by atoms with Crippen LogP contribution < -0.4 is 0 Å². The molecule has 3 aromatic heterocycles. The molecule has 0 aliphatic heterocycles. The fraction of sp³-hybridized carbons (Fsp3) is 0.200. The second-order valence-electron chi connectivity index (χ2n) is 6.53. The second-order valence-corrected chi connectivity index (χ2v) is 8.26. The van der Waals surface area contributed by atoms with Gasteiger partial charge in [0.25, 0.3) is 0 Å². The quantitative estimate of drug-likeness (QED) is 0.378. The molecule has 3 nitrogen and oxygen atoms in total. The second kappa shape index (κ2) is 6.90. The van der Waals surface area contributed by atoms with Crippen molar-refractivity contribution < 1.29 is 13.2 Å². The summed E-state index contributed by atoms with van der Waals surface area (Å²) in [7, 11) is 0. The summed E-state index contributed by atoms with van der Waals surface area (Å²) >= 11 is 7.33. The minimum atomic E-state index is -4.50. The Kier molecular flexibility index (Phi) is 4.67.